The first-order valence-corrected chi connectivity index (χ1v) is 11.6. The molecular formula is C19H35N5O2S. The van der Waals surface area contributed by atoms with E-state index in [2.05, 4.69) is 22.5 Å². The van der Waals surface area contributed by atoms with E-state index in [-0.39, 0.29) is 17.5 Å². The highest BCUT2D eigenvalue weighted by atomic mass is 32.2. The van der Waals surface area contributed by atoms with E-state index in [1.54, 1.807) is 0 Å². The molecule has 0 aromatic carbocycles. The molecule has 0 bridgehead atoms. The summed E-state index contributed by atoms with van der Waals surface area (Å²) in [6, 6.07) is 0.288. The summed E-state index contributed by atoms with van der Waals surface area (Å²) in [6.07, 6.45) is 2.77. The van der Waals surface area contributed by atoms with Gasteiger partial charge in [0.1, 0.15) is 0 Å². The van der Waals surface area contributed by atoms with Crippen molar-refractivity contribution < 1.29 is 9.53 Å². The molecule has 3 fully saturated rings. The fraction of sp³-hybridized carbons (Fsp3) is 0.895. The summed E-state index contributed by atoms with van der Waals surface area (Å²) in [7, 11) is 0. The fourth-order valence-electron chi connectivity index (χ4n) is 4.18. The number of likely N-dealkylation sites (tertiary alicyclic amines) is 1. The highest BCUT2D eigenvalue weighted by molar-refractivity contribution is 7.99. The zero-order valence-corrected chi connectivity index (χ0v) is 17.7. The molecule has 2 unspecified atom stereocenters. The summed E-state index contributed by atoms with van der Waals surface area (Å²) in [5.41, 5.74) is 0.163. The number of carbonyl (C=O) groups is 1. The maximum atomic E-state index is 11.9. The zero-order valence-electron chi connectivity index (χ0n) is 16.8. The van der Waals surface area contributed by atoms with Crippen LogP contribution >= 0.6 is 11.8 Å². The van der Waals surface area contributed by atoms with E-state index in [0.717, 1.165) is 70.6 Å². The minimum atomic E-state index is 0.163. The quantitative estimate of drug-likeness (QED) is 0.509. The normalized spacial score (nSPS) is 29.9. The third kappa shape index (κ3) is 5.29. The Morgan fingerprint density at radius 3 is 2.78 bits per heavy atom. The first-order valence-electron chi connectivity index (χ1n) is 10.4. The van der Waals surface area contributed by atoms with Crippen LogP contribution in [0, 0.1) is 0 Å². The summed E-state index contributed by atoms with van der Waals surface area (Å²) < 4.78 is 5.55. The molecule has 8 heteroatoms. The van der Waals surface area contributed by atoms with Crippen molar-refractivity contribution in [3.8, 4) is 0 Å². The molecule has 0 aliphatic carbocycles. The fourth-order valence-corrected chi connectivity index (χ4v) is 5.64. The number of aliphatic imine (C=N–C) groups is 1. The van der Waals surface area contributed by atoms with Crippen molar-refractivity contribution in [2.75, 3.05) is 64.0 Å². The second-order valence-electron chi connectivity index (χ2n) is 7.64. The van der Waals surface area contributed by atoms with Crippen LogP contribution in [0.25, 0.3) is 0 Å². The van der Waals surface area contributed by atoms with Crippen molar-refractivity contribution in [2.45, 2.75) is 44.7 Å². The van der Waals surface area contributed by atoms with Crippen molar-refractivity contribution in [1.82, 2.24) is 20.4 Å². The molecule has 27 heavy (non-hydrogen) atoms. The number of thioether (sulfide) groups is 1. The Morgan fingerprint density at radius 1 is 1.30 bits per heavy atom. The molecule has 0 aromatic rings. The number of ether oxygens (including phenoxy) is 1. The Morgan fingerprint density at radius 2 is 2.11 bits per heavy atom. The summed E-state index contributed by atoms with van der Waals surface area (Å²) >= 11 is 2.04. The molecule has 1 amide bonds. The standard InChI is InChI=1S/C19H35N5O2S/c1-3-17(25)23-7-5-16(13-23)22-18(20-4-2)21-14-19(6-12-27-15-19)24-8-10-26-11-9-24/h16H,3-15H2,1-2H3,(H2,20,21,22). The monoisotopic (exact) mass is 397 g/mol. The van der Waals surface area contributed by atoms with Gasteiger partial charge in [-0.3, -0.25) is 14.7 Å². The molecule has 2 atom stereocenters. The molecule has 3 heterocycles. The molecule has 2 N–H and O–H groups in total. The molecule has 0 spiro atoms. The van der Waals surface area contributed by atoms with E-state index in [9.17, 15) is 4.79 Å². The van der Waals surface area contributed by atoms with Gasteiger partial charge in [-0.15, -0.1) is 0 Å². The number of hydrogen-bond donors (Lipinski definition) is 2. The molecular weight excluding hydrogens is 362 g/mol. The van der Waals surface area contributed by atoms with E-state index in [4.69, 9.17) is 9.73 Å². The van der Waals surface area contributed by atoms with Crippen LogP contribution in [0.4, 0.5) is 0 Å². The van der Waals surface area contributed by atoms with E-state index in [0.29, 0.717) is 6.42 Å². The maximum absolute atomic E-state index is 11.9. The largest absolute Gasteiger partial charge is 0.379 e. The minimum Gasteiger partial charge on any atom is -0.379 e. The molecule has 3 rings (SSSR count). The lowest BCUT2D eigenvalue weighted by Crippen LogP contribution is -2.56. The summed E-state index contributed by atoms with van der Waals surface area (Å²) in [6.45, 7) is 11.0. The highest BCUT2D eigenvalue weighted by Crippen LogP contribution is 2.34. The average Bonchev–Trinajstić information content (AvgIpc) is 3.37. The third-order valence-corrected chi connectivity index (χ3v) is 7.06. The Kier molecular flexibility index (Phi) is 7.66. The van der Waals surface area contributed by atoms with Gasteiger partial charge in [-0.1, -0.05) is 6.92 Å². The number of nitrogens with one attached hydrogen (secondary N) is 2. The van der Waals surface area contributed by atoms with Gasteiger partial charge in [0.25, 0.3) is 0 Å². The van der Waals surface area contributed by atoms with Crippen LogP contribution in [0.2, 0.25) is 0 Å². The SMILES string of the molecule is CCNC(=NCC1(N2CCOCC2)CCSC1)NC1CCN(C(=O)CC)C1. The van der Waals surface area contributed by atoms with Crippen LogP contribution in [0.1, 0.15) is 33.1 Å². The molecule has 3 aliphatic heterocycles. The summed E-state index contributed by atoms with van der Waals surface area (Å²) in [5, 5.41) is 6.96. The number of carbonyl (C=O) groups excluding carboxylic acids is 1. The Hall–Kier alpha value is -0.990. The molecule has 0 aromatic heterocycles. The lowest BCUT2D eigenvalue weighted by molar-refractivity contribution is -0.129. The van der Waals surface area contributed by atoms with Crippen molar-refractivity contribution in [1.29, 1.82) is 0 Å². The Bertz CT molecular complexity index is 518. The zero-order chi connectivity index (χ0) is 19.1. The number of nitrogens with zero attached hydrogens (tertiary/aromatic N) is 3. The van der Waals surface area contributed by atoms with Gasteiger partial charge >= 0.3 is 0 Å². The van der Waals surface area contributed by atoms with Crippen LogP contribution in [-0.4, -0.2) is 97.2 Å². The number of morpholine rings is 1. The van der Waals surface area contributed by atoms with Gasteiger partial charge in [0.15, 0.2) is 5.96 Å². The first-order chi connectivity index (χ1) is 13.2. The maximum Gasteiger partial charge on any atom is 0.222 e. The number of rotatable bonds is 6. The van der Waals surface area contributed by atoms with Crippen molar-refractivity contribution in [2.24, 2.45) is 4.99 Å². The molecule has 0 radical (unpaired) electrons. The lowest BCUT2D eigenvalue weighted by atomic mass is 9.96. The van der Waals surface area contributed by atoms with E-state index in [1.807, 2.05) is 23.6 Å². The van der Waals surface area contributed by atoms with Crippen LogP contribution in [0.5, 0.6) is 0 Å². The lowest BCUT2D eigenvalue weighted by Gasteiger charge is -2.42. The summed E-state index contributed by atoms with van der Waals surface area (Å²) in [5.74, 6) is 3.50. The van der Waals surface area contributed by atoms with Gasteiger partial charge in [0.05, 0.1) is 25.3 Å². The van der Waals surface area contributed by atoms with Gasteiger partial charge in [-0.25, -0.2) is 0 Å². The minimum absolute atomic E-state index is 0.163. The highest BCUT2D eigenvalue weighted by Gasteiger charge is 2.40. The smallest absolute Gasteiger partial charge is 0.222 e. The topological polar surface area (TPSA) is 69.2 Å². The van der Waals surface area contributed by atoms with Crippen molar-refractivity contribution in [3.63, 3.8) is 0 Å². The van der Waals surface area contributed by atoms with Crippen LogP contribution < -0.4 is 10.6 Å². The van der Waals surface area contributed by atoms with Crippen LogP contribution in [0.15, 0.2) is 4.99 Å². The van der Waals surface area contributed by atoms with Gasteiger partial charge in [-0.2, -0.15) is 11.8 Å². The van der Waals surface area contributed by atoms with Crippen LogP contribution in [0.3, 0.4) is 0 Å². The molecule has 7 nitrogen and oxygen atoms in total. The van der Waals surface area contributed by atoms with Gasteiger partial charge in [0.2, 0.25) is 5.91 Å². The van der Waals surface area contributed by atoms with Gasteiger partial charge in [-0.05, 0) is 25.5 Å². The predicted octanol–water partition coefficient (Wildman–Crippen LogP) is 0.760. The van der Waals surface area contributed by atoms with Crippen LogP contribution in [-0.2, 0) is 9.53 Å². The van der Waals surface area contributed by atoms with Crippen molar-refractivity contribution >= 4 is 23.6 Å². The Balaban J connectivity index is 1.61. The van der Waals surface area contributed by atoms with E-state index in [1.165, 1.54) is 12.2 Å². The average molecular weight is 398 g/mol. The Labute approximate surface area is 167 Å². The predicted molar refractivity (Wildman–Crippen MR) is 111 cm³/mol. The van der Waals surface area contributed by atoms with Gasteiger partial charge in [0, 0.05) is 50.9 Å². The molecule has 0 saturated carbocycles. The van der Waals surface area contributed by atoms with Crippen molar-refractivity contribution in [3.05, 3.63) is 0 Å². The van der Waals surface area contributed by atoms with E-state index >= 15 is 0 Å². The number of amides is 1. The second kappa shape index (κ2) is 9.98. The number of hydrogen-bond acceptors (Lipinski definition) is 5. The molecule has 154 valence electrons. The number of guanidine groups is 1. The van der Waals surface area contributed by atoms with Gasteiger partial charge < -0.3 is 20.3 Å². The molecule has 3 aliphatic rings. The third-order valence-electron chi connectivity index (χ3n) is 5.82. The second-order valence-corrected chi connectivity index (χ2v) is 8.75. The molecule has 3 saturated heterocycles. The summed E-state index contributed by atoms with van der Waals surface area (Å²) in [4.78, 5) is 21.5. The first kappa shape index (κ1) is 20.7. The van der Waals surface area contributed by atoms with E-state index < -0.39 is 0 Å².